The van der Waals surface area contributed by atoms with Crippen LogP contribution in [0.2, 0.25) is 0 Å². The van der Waals surface area contributed by atoms with Crippen molar-refractivity contribution in [2.45, 2.75) is 59.0 Å². The molecular formula is C23H28N4O2. The lowest BCUT2D eigenvalue weighted by Gasteiger charge is -2.24. The Hall–Kier alpha value is -3.02. The molecule has 0 N–H and O–H groups in total. The van der Waals surface area contributed by atoms with Crippen LogP contribution in [0.3, 0.4) is 0 Å². The Morgan fingerprint density at radius 2 is 1.97 bits per heavy atom. The molecule has 0 aliphatic rings. The minimum Gasteiger partial charge on any atom is -0.339 e. The number of hydrogen-bond donors (Lipinski definition) is 0. The van der Waals surface area contributed by atoms with Crippen molar-refractivity contribution in [1.29, 1.82) is 0 Å². The largest absolute Gasteiger partial charge is 0.339 e. The molecule has 0 aliphatic carbocycles. The fourth-order valence-electron chi connectivity index (χ4n) is 3.09. The van der Waals surface area contributed by atoms with Gasteiger partial charge in [-0.1, -0.05) is 49.3 Å². The number of nitrogens with zero attached hydrogens (tertiary/aromatic N) is 4. The van der Waals surface area contributed by atoms with Crippen LogP contribution in [0.5, 0.6) is 0 Å². The van der Waals surface area contributed by atoms with Crippen LogP contribution in [0.15, 0.2) is 53.3 Å². The van der Waals surface area contributed by atoms with E-state index in [1.54, 1.807) is 6.20 Å². The Morgan fingerprint density at radius 3 is 2.66 bits per heavy atom. The second kappa shape index (κ2) is 9.96. The standard InChI is InChI=1S/C23H28N4O2/c1-17(2)23-25-21(29-26-23)11-6-12-22(28)27(15-19-9-7-13-24-14-19)16-20-10-5-4-8-18(20)3/h4-5,7-10,13-14,17H,6,11-12,15-16H2,1-3H3. The molecule has 0 saturated carbocycles. The van der Waals surface area contributed by atoms with Crippen molar-refractivity contribution in [1.82, 2.24) is 20.0 Å². The van der Waals surface area contributed by atoms with Gasteiger partial charge in [0.05, 0.1) is 0 Å². The van der Waals surface area contributed by atoms with Crippen LogP contribution in [0.25, 0.3) is 0 Å². The first-order chi connectivity index (χ1) is 14.0. The molecule has 2 aromatic heterocycles. The van der Waals surface area contributed by atoms with Gasteiger partial charge in [-0.25, -0.2) is 0 Å². The SMILES string of the molecule is Cc1ccccc1CN(Cc1cccnc1)C(=O)CCCc1nc(C(C)C)no1. The molecule has 0 aliphatic heterocycles. The monoisotopic (exact) mass is 392 g/mol. The molecule has 1 amide bonds. The zero-order chi connectivity index (χ0) is 20.6. The third kappa shape index (κ3) is 5.98. The first kappa shape index (κ1) is 20.7. The van der Waals surface area contributed by atoms with E-state index in [1.165, 1.54) is 5.56 Å². The molecule has 29 heavy (non-hydrogen) atoms. The summed E-state index contributed by atoms with van der Waals surface area (Å²) >= 11 is 0. The third-order valence-corrected chi connectivity index (χ3v) is 4.85. The molecule has 2 heterocycles. The number of rotatable bonds is 9. The van der Waals surface area contributed by atoms with Gasteiger partial charge >= 0.3 is 0 Å². The summed E-state index contributed by atoms with van der Waals surface area (Å²) < 4.78 is 5.28. The Morgan fingerprint density at radius 1 is 1.14 bits per heavy atom. The number of carbonyl (C=O) groups is 1. The van der Waals surface area contributed by atoms with Crippen molar-refractivity contribution in [3.63, 3.8) is 0 Å². The lowest BCUT2D eigenvalue weighted by molar-refractivity contribution is -0.132. The van der Waals surface area contributed by atoms with Crippen molar-refractivity contribution >= 4 is 5.91 Å². The Balaban J connectivity index is 1.63. The molecule has 152 valence electrons. The van der Waals surface area contributed by atoms with E-state index < -0.39 is 0 Å². The molecule has 0 spiro atoms. The van der Waals surface area contributed by atoms with Crippen LogP contribution >= 0.6 is 0 Å². The summed E-state index contributed by atoms with van der Waals surface area (Å²) in [5.74, 6) is 1.65. The first-order valence-corrected chi connectivity index (χ1v) is 10.1. The van der Waals surface area contributed by atoms with Crippen molar-refractivity contribution in [2.75, 3.05) is 0 Å². The number of pyridine rings is 1. The van der Waals surface area contributed by atoms with Gasteiger partial charge in [0.1, 0.15) is 0 Å². The number of aromatic nitrogens is 3. The van der Waals surface area contributed by atoms with E-state index in [2.05, 4.69) is 34.2 Å². The quantitative estimate of drug-likeness (QED) is 0.538. The summed E-state index contributed by atoms with van der Waals surface area (Å²) in [5.41, 5.74) is 3.36. The highest BCUT2D eigenvalue weighted by Crippen LogP contribution is 2.16. The van der Waals surface area contributed by atoms with Gasteiger partial charge in [-0.2, -0.15) is 4.98 Å². The second-order valence-electron chi connectivity index (χ2n) is 7.59. The smallest absolute Gasteiger partial charge is 0.226 e. The molecule has 6 nitrogen and oxygen atoms in total. The zero-order valence-corrected chi connectivity index (χ0v) is 17.3. The van der Waals surface area contributed by atoms with E-state index in [4.69, 9.17) is 4.52 Å². The Kier molecular flexibility index (Phi) is 7.11. The van der Waals surface area contributed by atoms with Gasteiger partial charge in [-0.05, 0) is 36.1 Å². The summed E-state index contributed by atoms with van der Waals surface area (Å²) in [7, 11) is 0. The number of aryl methyl sites for hydroxylation is 2. The van der Waals surface area contributed by atoms with Crippen LogP contribution in [-0.4, -0.2) is 25.9 Å². The van der Waals surface area contributed by atoms with E-state index in [0.29, 0.717) is 44.1 Å². The Labute approximate surface area is 172 Å². The van der Waals surface area contributed by atoms with E-state index in [1.807, 2.05) is 49.2 Å². The Bertz CT molecular complexity index is 921. The minimum absolute atomic E-state index is 0.112. The van der Waals surface area contributed by atoms with Crippen molar-refractivity contribution < 1.29 is 9.32 Å². The topological polar surface area (TPSA) is 72.1 Å². The van der Waals surface area contributed by atoms with Gasteiger partial charge < -0.3 is 9.42 Å². The highest BCUT2D eigenvalue weighted by Gasteiger charge is 2.17. The van der Waals surface area contributed by atoms with Gasteiger partial charge in [0.2, 0.25) is 11.8 Å². The number of benzene rings is 1. The lowest BCUT2D eigenvalue weighted by atomic mass is 10.1. The summed E-state index contributed by atoms with van der Waals surface area (Å²) in [4.78, 5) is 23.5. The summed E-state index contributed by atoms with van der Waals surface area (Å²) in [5, 5.41) is 3.98. The van der Waals surface area contributed by atoms with Gasteiger partial charge in [0, 0.05) is 44.2 Å². The van der Waals surface area contributed by atoms with Crippen molar-refractivity contribution in [3.05, 3.63) is 77.2 Å². The predicted octanol–water partition coefficient (Wildman–Crippen LogP) is 4.45. The molecule has 0 fully saturated rings. The number of carbonyl (C=O) groups excluding carboxylic acids is 1. The minimum atomic E-state index is 0.112. The van der Waals surface area contributed by atoms with Crippen LogP contribution in [0, 0.1) is 6.92 Å². The van der Waals surface area contributed by atoms with E-state index in [9.17, 15) is 4.79 Å². The summed E-state index contributed by atoms with van der Waals surface area (Å²) in [6.45, 7) is 7.25. The number of amides is 1. The molecule has 3 rings (SSSR count). The maximum atomic E-state index is 13.0. The molecule has 0 unspecified atom stereocenters. The highest BCUT2D eigenvalue weighted by atomic mass is 16.5. The van der Waals surface area contributed by atoms with Gasteiger partial charge in [0.15, 0.2) is 5.82 Å². The van der Waals surface area contributed by atoms with Crippen LogP contribution < -0.4 is 0 Å². The normalized spacial score (nSPS) is 11.0. The second-order valence-corrected chi connectivity index (χ2v) is 7.59. The summed E-state index contributed by atoms with van der Waals surface area (Å²) in [6.07, 6.45) is 5.27. The first-order valence-electron chi connectivity index (χ1n) is 10.1. The van der Waals surface area contributed by atoms with Gasteiger partial charge in [-0.15, -0.1) is 0 Å². The molecule has 6 heteroatoms. The highest BCUT2D eigenvalue weighted by molar-refractivity contribution is 5.76. The molecule has 1 aromatic carbocycles. The molecule has 0 bridgehead atoms. The van der Waals surface area contributed by atoms with Gasteiger partial charge in [0.25, 0.3) is 0 Å². The average molecular weight is 393 g/mol. The fourth-order valence-corrected chi connectivity index (χ4v) is 3.09. The fraction of sp³-hybridized carbons (Fsp3) is 0.391. The van der Waals surface area contributed by atoms with Crippen LogP contribution in [0.4, 0.5) is 0 Å². The molecule has 0 atom stereocenters. The maximum absolute atomic E-state index is 13.0. The van der Waals surface area contributed by atoms with Crippen LogP contribution in [0.1, 0.15) is 61.0 Å². The molecular weight excluding hydrogens is 364 g/mol. The van der Waals surface area contributed by atoms with E-state index in [-0.39, 0.29) is 11.8 Å². The third-order valence-electron chi connectivity index (χ3n) is 4.85. The predicted molar refractivity (Wildman–Crippen MR) is 111 cm³/mol. The molecule has 0 saturated heterocycles. The zero-order valence-electron chi connectivity index (χ0n) is 17.3. The summed E-state index contributed by atoms with van der Waals surface area (Å²) in [6, 6.07) is 12.1. The van der Waals surface area contributed by atoms with E-state index in [0.717, 1.165) is 11.1 Å². The maximum Gasteiger partial charge on any atom is 0.226 e. The van der Waals surface area contributed by atoms with Gasteiger partial charge in [-0.3, -0.25) is 9.78 Å². The van der Waals surface area contributed by atoms with Crippen LogP contribution in [-0.2, 0) is 24.3 Å². The van der Waals surface area contributed by atoms with Crippen molar-refractivity contribution in [3.8, 4) is 0 Å². The molecule has 3 aromatic rings. The lowest BCUT2D eigenvalue weighted by Crippen LogP contribution is -2.30. The number of hydrogen-bond acceptors (Lipinski definition) is 5. The average Bonchev–Trinajstić information content (AvgIpc) is 3.19. The van der Waals surface area contributed by atoms with E-state index >= 15 is 0 Å². The molecule has 0 radical (unpaired) electrons. The van der Waals surface area contributed by atoms with Crippen molar-refractivity contribution in [2.24, 2.45) is 0 Å².